The average molecular weight is 267 g/mol. The highest BCUT2D eigenvalue weighted by Gasteiger charge is 2.15. The van der Waals surface area contributed by atoms with Crippen LogP contribution in [0.3, 0.4) is 0 Å². The van der Waals surface area contributed by atoms with E-state index < -0.39 is 0 Å². The summed E-state index contributed by atoms with van der Waals surface area (Å²) in [5, 5.41) is 0.915. The molecule has 0 unspecified atom stereocenters. The standard InChI is InChI=1S/C16H13NOS/c1-10-9-15(19-11(10)2)16(18)13-5-3-7-14-12(13)6-4-8-17-14/h3-9H,1-2H3. The normalized spacial score (nSPS) is 10.8. The minimum atomic E-state index is 0.0831. The summed E-state index contributed by atoms with van der Waals surface area (Å²) in [4.78, 5) is 18.9. The number of thiophene rings is 1. The van der Waals surface area contributed by atoms with E-state index in [-0.39, 0.29) is 5.78 Å². The Labute approximate surface area is 115 Å². The number of fused-ring (bicyclic) bond motifs is 1. The van der Waals surface area contributed by atoms with Gasteiger partial charge in [0.25, 0.3) is 0 Å². The van der Waals surface area contributed by atoms with Crippen LogP contribution >= 0.6 is 11.3 Å². The Hall–Kier alpha value is -2.00. The van der Waals surface area contributed by atoms with E-state index in [1.54, 1.807) is 17.5 Å². The van der Waals surface area contributed by atoms with Gasteiger partial charge in [0.15, 0.2) is 0 Å². The molecule has 1 aromatic carbocycles. The summed E-state index contributed by atoms with van der Waals surface area (Å²) in [6, 6.07) is 11.5. The molecule has 2 heterocycles. The Morgan fingerprint density at radius 1 is 1.16 bits per heavy atom. The Kier molecular flexibility index (Phi) is 2.91. The Bertz CT molecular complexity index is 749. The zero-order valence-corrected chi connectivity index (χ0v) is 11.6. The lowest BCUT2D eigenvalue weighted by molar-refractivity contribution is 0.104. The van der Waals surface area contributed by atoms with Gasteiger partial charge in [-0.3, -0.25) is 9.78 Å². The number of pyridine rings is 1. The van der Waals surface area contributed by atoms with Crippen molar-refractivity contribution in [2.24, 2.45) is 0 Å². The van der Waals surface area contributed by atoms with Crippen molar-refractivity contribution >= 4 is 28.0 Å². The first kappa shape index (κ1) is 12.1. The molecule has 0 radical (unpaired) electrons. The molecule has 0 saturated carbocycles. The second kappa shape index (κ2) is 4.59. The first-order chi connectivity index (χ1) is 9.16. The van der Waals surface area contributed by atoms with E-state index >= 15 is 0 Å². The summed E-state index contributed by atoms with van der Waals surface area (Å²) in [6.45, 7) is 4.08. The van der Waals surface area contributed by atoms with Crippen LogP contribution in [0.1, 0.15) is 25.7 Å². The van der Waals surface area contributed by atoms with Crippen LogP contribution in [0.5, 0.6) is 0 Å². The molecule has 3 aromatic rings. The van der Waals surface area contributed by atoms with Crippen LogP contribution in [-0.4, -0.2) is 10.8 Å². The van der Waals surface area contributed by atoms with Gasteiger partial charge in [0.2, 0.25) is 5.78 Å². The van der Waals surface area contributed by atoms with Gasteiger partial charge in [-0.2, -0.15) is 0 Å². The van der Waals surface area contributed by atoms with E-state index in [4.69, 9.17) is 0 Å². The summed E-state index contributed by atoms with van der Waals surface area (Å²) < 4.78 is 0. The van der Waals surface area contributed by atoms with E-state index in [2.05, 4.69) is 4.98 Å². The molecule has 0 fully saturated rings. The third-order valence-electron chi connectivity index (χ3n) is 3.28. The molecule has 94 valence electrons. The summed E-state index contributed by atoms with van der Waals surface area (Å²) in [6.07, 6.45) is 1.75. The van der Waals surface area contributed by atoms with Gasteiger partial charge in [0.1, 0.15) is 0 Å². The molecular weight excluding hydrogens is 254 g/mol. The molecule has 0 aliphatic carbocycles. The first-order valence-electron chi connectivity index (χ1n) is 6.12. The lowest BCUT2D eigenvalue weighted by atomic mass is 10.0. The Balaban J connectivity index is 2.16. The zero-order chi connectivity index (χ0) is 13.4. The second-order valence-electron chi connectivity index (χ2n) is 4.55. The van der Waals surface area contributed by atoms with E-state index in [0.29, 0.717) is 0 Å². The maximum absolute atomic E-state index is 12.6. The molecule has 19 heavy (non-hydrogen) atoms. The van der Waals surface area contributed by atoms with Gasteiger partial charge in [0.05, 0.1) is 10.4 Å². The molecule has 3 heteroatoms. The Morgan fingerprint density at radius 3 is 2.74 bits per heavy atom. The van der Waals surface area contributed by atoms with Gasteiger partial charge in [-0.15, -0.1) is 11.3 Å². The van der Waals surface area contributed by atoms with Crippen LogP contribution < -0.4 is 0 Å². The summed E-state index contributed by atoms with van der Waals surface area (Å²) in [5.41, 5.74) is 2.76. The fourth-order valence-electron chi connectivity index (χ4n) is 2.12. The van der Waals surface area contributed by atoms with Crippen LogP contribution in [0.4, 0.5) is 0 Å². The van der Waals surface area contributed by atoms with Gasteiger partial charge in [0, 0.05) is 22.0 Å². The van der Waals surface area contributed by atoms with Crippen LogP contribution in [-0.2, 0) is 0 Å². The van der Waals surface area contributed by atoms with Crippen molar-refractivity contribution in [2.45, 2.75) is 13.8 Å². The van der Waals surface area contributed by atoms with Crippen LogP contribution in [0, 0.1) is 13.8 Å². The number of hydrogen-bond acceptors (Lipinski definition) is 3. The van der Waals surface area contributed by atoms with Gasteiger partial charge in [-0.1, -0.05) is 18.2 Å². The lowest BCUT2D eigenvalue weighted by Gasteiger charge is -2.03. The second-order valence-corrected chi connectivity index (χ2v) is 5.81. The monoisotopic (exact) mass is 267 g/mol. The quantitative estimate of drug-likeness (QED) is 0.653. The maximum atomic E-state index is 12.6. The van der Waals surface area contributed by atoms with Gasteiger partial charge >= 0.3 is 0 Å². The molecule has 2 aromatic heterocycles. The number of hydrogen-bond donors (Lipinski definition) is 0. The Morgan fingerprint density at radius 2 is 2.00 bits per heavy atom. The average Bonchev–Trinajstić information content (AvgIpc) is 2.77. The van der Waals surface area contributed by atoms with Crippen molar-refractivity contribution in [3.8, 4) is 0 Å². The molecule has 2 nitrogen and oxygen atoms in total. The molecule has 0 amide bonds. The van der Waals surface area contributed by atoms with Crippen molar-refractivity contribution < 1.29 is 4.79 Å². The van der Waals surface area contributed by atoms with Gasteiger partial charge in [-0.25, -0.2) is 0 Å². The predicted octanol–water partition coefficient (Wildman–Crippen LogP) is 4.14. The van der Waals surface area contributed by atoms with Crippen molar-refractivity contribution in [2.75, 3.05) is 0 Å². The number of rotatable bonds is 2. The lowest BCUT2D eigenvalue weighted by Crippen LogP contribution is -1.99. The predicted molar refractivity (Wildman–Crippen MR) is 79.0 cm³/mol. The van der Waals surface area contributed by atoms with Gasteiger partial charge in [-0.05, 0) is 37.6 Å². The minimum absolute atomic E-state index is 0.0831. The number of benzene rings is 1. The third kappa shape index (κ3) is 2.06. The molecule has 0 bridgehead atoms. The molecule has 3 rings (SSSR count). The SMILES string of the molecule is Cc1cc(C(=O)c2cccc3ncccc23)sc1C. The van der Waals surface area contributed by atoms with Crippen LogP contribution in [0.15, 0.2) is 42.6 Å². The van der Waals surface area contributed by atoms with Crippen molar-refractivity contribution in [1.29, 1.82) is 0 Å². The number of aromatic nitrogens is 1. The fourth-order valence-corrected chi connectivity index (χ4v) is 3.11. The van der Waals surface area contributed by atoms with Crippen LogP contribution in [0.25, 0.3) is 10.9 Å². The van der Waals surface area contributed by atoms with Crippen LogP contribution in [0.2, 0.25) is 0 Å². The molecule has 0 saturated heterocycles. The van der Waals surface area contributed by atoms with Gasteiger partial charge < -0.3 is 0 Å². The number of aryl methyl sites for hydroxylation is 2. The zero-order valence-electron chi connectivity index (χ0n) is 10.8. The highest BCUT2D eigenvalue weighted by Crippen LogP contribution is 2.26. The van der Waals surface area contributed by atoms with E-state index in [1.165, 1.54) is 10.4 Å². The molecular formula is C16H13NOS. The fraction of sp³-hybridized carbons (Fsp3) is 0.125. The van der Waals surface area contributed by atoms with E-state index in [9.17, 15) is 4.79 Å². The highest BCUT2D eigenvalue weighted by molar-refractivity contribution is 7.14. The molecule has 0 N–H and O–H groups in total. The smallest absolute Gasteiger partial charge is 0.203 e. The molecule has 0 aliphatic rings. The number of carbonyl (C=O) groups is 1. The molecule has 0 spiro atoms. The van der Waals surface area contributed by atoms with E-state index in [1.807, 2.05) is 50.2 Å². The number of ketones is 1. The number of carbonyl (C=O) groups excluding carboxylic acids is 1. The van der Waals surface area contributed by atoms with Crippen molar-refractivity contribution in [1.82, 2.24) is 4.98 Å². The molecule has 0 aliphatic heterocycles. The summed E-state index contributed by atoms with van der Waals surface area (Å²) >= 11 is 1.56. The molecule has 0 atom stereocenters. The minimum Gasteiger partial charge on any atom is -0.288 e. The number of nitrogens with zero attached hydrogens (tertiary/aromatic N) is 1. The largest absolute Gasteiger partial charge is 0.288 e. The highest BCUT2D eigenvalue weighted by atomic mass is 32.1. The summed E-state index contributed by atoms with van der Waals surface area (Å²) in [7, 11) is 0. The van der Waals surface area contributed by atoms with E-state index in [0.717, 1.165) is 21.3 Å². The summed E-state index contributed by atoms with van der Waals surface area (Å²) in [5.74, 6) is 0.0831. The third-order valence-corrected chi connectivity index (χ3v) is 4.43. The maximum Gasteiger partial charge on any atom is 0.203 e. The van der Waals surface area contributed by atoms with Crippen molar-refractivity contribution in [3.63, 3.8) is 0 Å². The first-order valence-corrected chi connectivity index (χ1v) is 6.94. The van der Waals surface area contributed by atoms with Crippen molar-refractivity contribution in [3.05, 3.63) is 63.5 Å². The topological polar surface area (TPSA) is 30.0 Å².